The van der Waals surface area contributed by atoms with E-state index in [2.05, 4.69) is 73.0 Å². The standard InChI is InChI=1S/C27H27N3O/c1-19-10-6-7-13-22(19)17-30-25-15-9-8-14-24(25)28-27(30)23-16-26(31)29(18-23)20(2)21-11-4-3-5-12-21/h3-15,20,23H,16-18H2,1-2H3. The van der Waals surface area contributed by atoms with E-state index in [0.717, 1.165) is 23.4 Å². The smallest absolute Gasteiger partial charge is 0.223 e. The number of hydrogen-bond acceptors (Lipinski definition) is 2. The summed E-state index contributed by atoms with van der Waals surface area (Å²) in [5, 5.41) is 0. The van der Waals surface area contributed by atoms with Crippen LogP contribution in [0.1, 0.15) is 47.8 Å². The molecular weight excluding hydrogens is 382 g/mol. The molecule has 1 amide bonds. The van der Waals surface area contributed by atoms with E-state index in [0.29, 0.717) is 13.0 Å². The fourth-order valence-electron chi connectivity index (χ4n) is 4.72. The average Bonchev–Trinajstić information content (AvgIpc) is 3.36. The molecule has 1 fully saturated rings. The molecule has 2 atom stereocenters. The third-order valence-electron chi connectivity index (χ3n) is 6.55. The lowest BCUT2D eigenvalue weighted by Crippen LogP contribution is -2.28. The number of benzene rings is 3. The van der Waals surface area contributed by atoms with Crippen LogP contribution in [0.15, 0.2) is 78.9 Å². The fourth-order valence-corrected chi connectivity index (χ4v) is 4.72. The molecule has 1 aliphatic rings. The quantitative estimate of drug-likeness (QED) is 0.438. The lowest BCUT2D eigenvalue weighted by molar-refractivity contribution is -0.129. The summed E-state index contributed by atoms with van der Waals surface area (Å²) in [6, 6.07) is 27.1. The van der Waals surface area contributed by atoms with Crippen LogP contribution in [-0.2, 0) is 11.3 Å². The number of amides is 1. The SMILES string of the molecule is Cc1ccccc1Cn1c(C2CC(=O)N(C(C)c3ccccc3)C2)nc2ccccc21. The highest BCUT2D eigenvalue weighted by atomic mass is 16.2. The van der Waals surface area contributed by atoms with Gasteiger partial charge in [0.15, 0.2) is 0 Å². The molecule has 156 valence electrons. The number of carbonyl (C=O) groups excluding carboxylic acids is 1. The van der Waals surface area contributed by atoms with Crippen molar-refractivity contribution in [3.8, 4) is 0 Å². The fraction of sp³-hybridized carbons (Fsp3) is 0.259. The predicted octanol–water partition coefficient (Wildman–Crippen LogP) is 5.47. The summed E-state index contributed by atoms with van der Waals surface area (Å²) in [4.78, 5) is 20.0. The predicted molar refractivity (Wildman–Crippen MR) is 124 cm³/mol. The third-order valence-corrected chi connectivity index (χ3v) is 6.55. The van der Waals surface area contributed by atoms with Crippen LogP contribution in [0.2, 0.25) is 0 Å². The van der Waals surface area contributed by atoms with Gasteiger partial charge in [-0.1, -0.05) is 66.7 Å². The number of aryl methyl sites for hydroxylation is 1. The summed E-state index contributed by atoms with van der Waals surface area (Å²) in [6.45, 7) is 5.73. The number of fused-ring (bicyclic) bond motifs is 1. The Morgan fingerprint density at radius 3 is 2.48 bits per heavy atom. The number of carbonyl (C=O) groups is 1. The maximum absolute atomic E-state index is 13.0. The normalized spacial score (nSPS) is 17.4. The van der Waals surface area contributed by atoms with Gasteiger partial charge in [0.25, 0.3) is 0 Å². The minimum absolute atomic E-state index is 0.0629. The number of aromatic nitrogens is 2. The molecule has 5 rings (SSSR count). The van der Waals surface area contributed by atoms with Crippen LogP contribution in [0.3, 0.4) is 0 Å². The molecule has 0 radical (unpaired) electrons. The van der Waals surface area contributed by atoms with Crippen LogP contribution < -0.4 is 0 Å². The molecule has 4 nitrogen and oxygen atoms in total. The van der Waals surface area contributed by atoms with E-state index < -0.39 is 0 Å². The van der Waals surface area contributed by atoms with Gasteiger partial charge in [0.2, 0.25) is 5.91 Å². The summed E-state index contributed by atoms with van der Waals surface area (Å²) in [5.41, 5.74) is 5.85. The van der Waals surface area contributed by atoms with Gasteiger partial charge in [0, 0.05) is 25.4 Å². The van der Waals surface area contributed by atoms with Crippen molar-refractivity contribution in [1.29, 1.82) is 0 Å². The van der Waals surface area contributed by atoms with Gasteiger partial charge in [-0.2, -0.15) is 0 Å². The van der Waals surface area contributed by atoms with Gasteiger partial charge in [-0.05, 0) is 42.7 Å². The Bertz CT molecular complexity index is 1230. The second-order valence-corrected chi connectivity index (χ2v) is 8.51. The first kappa shape index (κ1) is 19.6. The maximum atomic E-state index is 13.0. The average molecular weight is 410 g/mol. The molecule has 2 unspecified atom stereocenters. The largest absolute Gasteiger partial charge is 0.335 e. The van der Waals surface area contributed by atoms with Crippen LogP contribution in [0.5, 0.6) is 0 Å². The zero-order valence-electron chi connectivity index (χ0n) is 18.0. The summed E-state index contributed by atoms with van der Waals surface area (Å²) in [7, 11) is 0. The van der Waals surface area contributed by atoms with Gasteiger partial charge in [0.1, 0.15) is 5.82 Å². The lowest BCUT2D eigenvalue weighted by atomic mass is 10.1. The Hall–Kier alpha value is -3.40. The summed E-state index contributed by atoms with van der Waals surface area (Å²) in [5.74, 6) is 1.31. The highest BCUT2D eigenvalue weighted by Crippen LogP contribution is 2.35. The number of nitrogens with zero attached hydrogens (tertiary/aromatic N) is 3. The number of para-hydroxylation sites is 2. The molecule has 0 spiro atoms. The number of hydrogen-bond donors (Lipinski definition) is 0. The van der Waals surface area contributed by atoms with E-state index in [1.54, 1.807) is 0 Å². The van der Waals surface area contributed by atoms with Gasteiger partial charge < -0.3 is 9.47 Å². The molecule has 2 heterocycles. The minimum atomic E-state index is 0.0629. The van der Waals surface area contributed by atoms with Crippen molar-refractivity contribution in [2.24, 2.45) is 0 Å². The molecule has 4 aromatic rings. The van der Waals surface area contributed by atoms with Crippen LogP contribution >= 0.6 is 0 Å². The van der Waals surface area contributed by atoms with Crippen molar-refractivity contribution in [3.05, 3.63) is 101 Å². The van der Waals surface area contributed by atoms with E-state index in [1.165, 1.54) is 16.7 Å². The monoisotopic (exact) mass is 409 g/mol. The van der Waals surface area contributed by atoms with Gasteiger partial charge in [-0.15, -0.1) is 0 Å². The van der Waals surface area contributed by atoms with Gasteiger partial charge in [-0.25, -0.2) is 4.98 Å². The minimum Gasteiger partial charge on any atom is -0.335 e. The Kier molecular flexibility index (Phi) is 5.06. The third kappa shape index (κ3) is 3.63. The molecule has 1 aliphatic heterocycles. The van der Waals surface area contributed by atoms with Crippen molar-refractivity contribution in [1.82, 2.24) is 14.5 Å². The Balaban J connectivity index is 1.50. The van der Waals surface area contributed by atoms with Crippen molar-refractivity contribution in [2.75, 3.05) is 6.54 Å². The molecule has 0 aliphatic carbocycles. The molecule has 0 N–H and O–H groups in total. The van der Waals surface area contributed by atoms with Crippen molar-refractivity contribution >= 4 is 16.9 Å². The Labute approximate surface area is 183 Å². The number of imidazole rings is 1. The van der Waals surface area contributed by atoms with Crippen molar-refractivity contribution < 1.29 is 4.79 Å². The molecule has 0 bridgehead atoms. The highest BCUT2D eigenvalue weighted by Gasteiger charge is 2.36. The number of likely N-dealkylation sites (tertiary alicyclic amines) is 1. The van der Waals surface area contributed by atoms with E-state index in [4.69, 9.17) is 4.98 Å². The van der Waals surface area contributed by atoms with Crippen LogP contribution in [0, 0.1) is 6.92 Å². The van der Waals surface area contributed by atoms with Gasteiger partial charge in [-0.3, -0.25) is 4.79 Å². The van der Waals surface area contributed by atoms with E-state index in [-0.39, 0.29) is 17.9 Å². The zero-order valence-corrected chi connectivity index (χ0v) is 18.0. The van der Waals surface area contributed by atoms with Crippen LogP contribution in [0.4, 0.5) is 0 Å². The summed E-state index contributed by atoms with van der Waals surface area (Å²) in [6.07, 6.45) is 0.508. The summed E-state index contributed by atoms with van der Waals surface area (Å²) >= 11 is 0. The van der Waals surface area contributed by atoms with Crippen molar-refractivity contribution in [2.45, 2.75) is 38.8 Å². The first-order chi connectivity index (χ1) is 15.1. The van der Waals surface area contributed by atoms with Crippen molar-refractivity contribution in [3.63, 3.8) is 0 Å². The summed E-state index contributed by atoms with van der Waals surface area (Å²) < 4.78 is 2.31. The Morgan fingerprint density at radius 2 is 1.68 bits per heavy atom. The first-order valence-electron chi connectivity index (χ1n) is 11.0. The lowest BCUT2D eigenvalue weighted by Gasteiger charge is -2.25. The molecule has 1 aromatic heterocycles. The molecule has 31 heavy (non-hydrogen) atoms. The van der Waals surface area contributed by atoms with E-state index in [1.807, 2.05) is 29.2 Å². The van der Waals surface area contributed by atoms with Crippen LogP contribution in [0.25, 0.3) is 11.0 Å². The maximum Gasteiger partial charge on any atom is 0.223 e. The molecular formula is C27H27N3O. The molecule has 4 heteroatoms. The van der Waals surface area contributed by atoms with Gasteiger partial charge in [0.05, 0.1) is 17.1 Å². The second-order valence-electron chi connectivity index (χ2n) is 8.51. The molecule has 1 saturated heterocycles. The molecule has 3 aromatic carbocycles. The molecule has 0 saturated carbocycles. The van der Waals surface area contributed by atoms with Gasteiger partial charge >= 0.3 is 0 Å². The van der Waals surface area contributed by atoms with Crippen LogP contribution in [-0.4, -0.2) is 26.9 Å². The Morgan fingerprint density at radius 1 is 0.968 bits per heavy atom. The topological polar surface area (TPSA) is 38.1 Å². The number of rotatable bonds is 5. The highest BCUT2D eigenvalue weighted by molar-refractivity contribution is 5.81. The first-order valence-corrected chi connectivity index (χ1v) is 11.0. The second kappa shape index (κ2) is 8.03. The van der Waals surface area contributed by atoms with E-state index >= 15 is 0 Å². The zero-order chi connectivity index (χ0) is 21.4. The van der Waals surface area contributed by atoms with E-state index in [9.17, 15) is 4.79 Å².